The molecule has 2 fully saturated rings. The monoisotopic (exact) mass is 626 g/mol. The molecule has 4 atom stereocenters. The Balaban J connectivity index is 1.57. The third-order valence-corrected chi connectivity index (χ3v) is 9.02. The first-order valence-corrected chi connectivity index (χ1v) is 13.8. The number of nitro benzene ring substituents is 1. The molecule has 43 heavy (non-hydrogen) atoms. The van der Waals surface area contributed by atoms with Crippen LogP contribution in [0.1, 0.15) is 33.8 Å². The first kappa shape index (κ1) is 28.6. The van der Waals surface area contributed by atoms with Gasteiger partial charge in [-0.15, -0.1) is 0 Å². The molecular weight excluding hydrogens is 606 g/mol. The van der Waals surface area contributed by atoms with E-state index in [2.05, 4.69) is 10.1 Å². The number of piperidine rings is 1. The second-order valence-electron chi connectivity index (χ2n) is 10.4. The van der Waals surface area contributed by atoms with Crippen molar-refractivity contribution in [2.75, 3.05) is 23.9 Å². The molecule has 14 heteroatoms. The summed E-state index contributed by atoms with van der Waals surface area (Å²) >= 11 is 12.4. The topological polar surface area (TPSA) is 139 Å². The van der Waals surface area contributed by atoms with Crippen molar-refractivity contribution in [3.05, 3.63) is 97.3 Å². The first-order chi connectivity index (χ1) is 20.6. The zero-order valence-corrected chi connectivity index (χ0v) is 23.8. The quantitative estimate of drug-likeness (QED) is 0.188. The lowest BCUT2D eigenvalue weighted by atomic mass is 9.70. The minimum Gasteiger partial charge on any atom is -0.465 e. The molecule has 2 saturated heterocycles. The van der Waals surface area contributed by atoms with Crippen molar-refractivity contribution in [1.29, 1.82) is 0 Å². The van der Waals surface area contributed by atoms with Crippen molar-refractivity contribution < 1.29 is 33.2 Å². The summed E-state index contributed by atoms with van der Waals surface area (Å²) in [7, 11) is 1.13. The van der Waals surface area contributed by atoms with E-state index in [-0.39, 0.29) is 34.8 Å². The van der Waals surface area contributed by atoms with Crippen LogP contribution in [0.15, 0.2) is 54.6 Å². The van der Waals surface area contributed by atoms with Crippen LogP contribution in [0.3, 0.4) is 0 Å². The number of hydrogen-bond donors (Lipinski definition) is 1. The molecule has 6 rings (SSSR count). The van der Waals surface area contributed by atoms with Gasteiger partial charge in [-0.05, 0) is 42.3 Å². The SMILES string of the molecule is COC(=O)c1ccc(N2CC[C@H]3[C@@H](C2=O)[C@H](c2cccc(Cl)c2F)[C@]2(C(=O)Nc4cc(Cl)ccc42)N3C=O)c([N+](=O)[O-])c1. The molecule has 3 aromatic carbocycles. The number of anilines is 2. The van der Waals surface area contributed by atoms with Crippen LogP contribution in [-0.2, 0) is 24.7 Å². The van der Waals surface area contributed by atoms with Gasteiger partial charge < -0.3 is 19.9 Å². The maximum atomic E-state index is 15.9. The Morgan fingerprint density at radius 1 is 1.19 bits per heavy atom. The van der Waals surface area contributed by atoms with Crippen LogP contribution in [0.4, 0.5) is 21.5 Å². The fraction of sp³-hybridized carbons (Fsp3) is 0.241. The lowest BCUT2D eigenvalue weighted by molar-refractivity contribution is -0.384. The number of nitrogens with zero attached hydrogens (tertiary/aromatic N) is 3. The van der Waals surface area contributed by atoms with Gasteiger partial charge in [-0.3, -0.25) is 24.5 Å². The number of halogens is 3. The average Bonchev–Trinajstić information content (AvgIpc) is 3.44. The van der Waals surface area contributed by atoms with Crippen molar-refractivity contribution in [1.82, 2.24) is 4.90 Å². The number of carbonyl (C=O) groups is 4. The van der Waals surface area contributed by atoms with Gasteiger partial charge in [0.1, 0.15) is 11.5 Å². The number of nitro groups is 1. The molecule has 0 unspecified atom stereocenters. The van der Waals surface area contributed by atoms with Crippen molar-refractivity contribution in [2.24, 2.45) is 5.92 Å². The number of hydrogen-bond acceptors (Lipinski definition) is 7. The van der Waals surface area contributed by atoms with Gasteiger partial charge in [0.25, 0.3) is 11.6 Å². The molecule has 220 valence electrons. The number of rotatable bonds is 5. The molecule has 3 aromatic rings. The molecule has 3 aliphatic heterocycles. The molecule has 1 N–H and O–H groups in total. The second kappa shape index (κ2) is 10.3. The normalized spacial score (nSPS) is 24.0. The summed E-state index contributed by atoms with van der Waals surface area (Å²) in [4.78, 5) is 67.2. The minimum absolute atomic E-state index is 0.0708. The predicted octanol–water partition coefficient (Wildman–Crippen LogP) is 4.65. The number of methoxy groups -OCH3 is 1. The number of esters is 1. The summed E-state index contributed by atoms with van der Waals surface area (Å²) in [6, 6.07) is 11.5. The molecule has 1 spiro atoms. The Morgan fingerprint density at radius 3 is 2.65 bits per heavy atom. The van der Waals surface area contributed by atoms with E-state index in [9.17, 15) is 29.3 Å². The summed E-state index contributed by atoms with van der Waals surface area (Å²) in [6.07, 6.45) is 0.571. The van der Waals surface area contributed by atoms with E-state index in [0.717, 1.165) is 13.2 Å². The number of benzene rings is 3. The van der Waals surface area contributed by atoms with Crippen LogP contribution < -0.4 is 10.2 Å². The Kier molecular flexibility index (Phi) is 6.85. The molecule has 0 bridgehead atoms. The average molecular weight is 627 g/mol. The highest BCUT2D eigenvalue weighted by molar-refractivity contribution is 6.31. The molecule has 3 aliphatic rings. The van der Waals surface area contributed by atoms with Crippen molar-refractivity contribution in [2.45, 2.75) is 23.9 Å². The van der Waals surface area contributed by atoms with Crippen LogP contribution in [0.5, 0.6) is 0 Å². The van der Waals surface area contributed by atoms with E-state index < -0.39 is 57.6 Å². The van der Waals surface area contributed by atoms with Crippen LogP contribution in [0, 0.1) is 21.8 Å². The number of amides is 3. The van der Waals surface area contributed by atoms with E-state index in [1.807, 2.05) is 0 Å². The summed E-state index contributed by atoms with van der Waals surface area (Å²) in [6.45, 7) is -0.0708. The Bertz CT molecular complexity index is 1750. The fourth-order valence-electron chi connectivity index (χ4n) is 6.83. The van der Waals surface area contributed by atoms with Gasteiger partial charge in [-0.1, -0.05) is 41.4 Å². The maximum Gasteiger partial charge on any atom is 0.338 e. The highest BCUT2D eigenvalue weighted by Crippen LogP contribution is 2.61. The Hall–Kier alpha value is -4.55. The van der Waals surface area contributed by atoms with E-state index in [0.29, 0.717) is 22.7 Å². The zero-order valence-electron chi connectivity index (χ0n) is 22.3. The summed E-state index contributed by atoms with van der Waals surface area (Å²) in [5.74, 6) is -5.52. The van der Waals surface area contributed by atoms with Crippen molar-refractivity contribution in [3.8, 4) is 0 Å². The molecule has 0 aromatic heterocycles. The highest BCUT2D eigenvalue weighted by atomic mass is 35.5. The summed E-state index contributed by atoms with van der Waals surface area (Å²) in [5, 5.41) is 14.9. The smallest absolute Gasteiger partial charge is 0.338 e. The van der Waals surface area contributed by atoms with E-state index in [1.165, 1.54) is 52.3 Å². The fourth-order valence-corrected chi connectivity index (χ4v) is 7.19. The molecule has 0 aliphatic carbocycles. The number of fused-ring (bicyclic) bond motifs is 3. The third-order valence-electron chi connectivity index (χ3n) is 8.49. The number of nitrogens with one attached hydrogen (secondary N) is 1. The van der Waals surface area contributed by atoms with Gasteiger partial charge >= 0.3 is 5.97 Å². The van der Waals surface area contributed by atoms with Crippen molar-refractivity contribution in [3.63, 3.8) is 0 Å². The van der Waals surface area contributed by atoms with Crippen LogP contribution in [-0.4, -0.2) is 53.7 Å². The van der Waals surface area contributed by atoms with Gasteiger partial charge in [-0.2, -0.15) is 0 Å². The molecule has 3 amide bonds. The Morgan fingerprint density at radius 2 is 1.95 bits per heavy atom. The highest BCUT2D eigenvalue weighted by Gasteiger charge is 2.70. The summed E-state index contributed by atoms with van der Waals surface area (Å²) < 4.78 is 20.5. The van der Waals surface area contributed by atoms with Crippen LogP contribution in [0.2, 0.25) is 10.0 Å². The maximum absolute atomic E-state index is 15.9. The lowest BCUT2D eigenvalue weighted by Crippen LogP contribution is -2.52. The number of likely N-dealkylation sites (tertiary alicyclic amines) is 1. The van der Waals surface area contributed by atoms with Crippen molar-refractivity contribution >= 4 is 64.5 Å². The standard InChI is InChI=1S/C29H21Cl2FN4O7/c1-43-27(39)14-5-8-20(22(11-14)36(41)42)34-10-9-21-23(26(34)38)24(16-3-2-4-18(31)25(16)32)29(35(21)13-37)17-7-6-15(30)12-19(17)33-28(29)40/h2-8,11-13,21,23-24H,9-10H2,1H3,(H,33,40)/t21-,23+,24-,29+/m0/s1. The molecule has 0 saturated carbocycles. The van der Waals surface area contributed by atoms with Gasteiger partial charge in [0.15, 0.2) is 5.54 Å². The van der Waals surface area contributed by atoms with E-state index >= 15 is 4.39 Å². The van der Waals surface area contributed by atoms with Gasteiger partial charge in [0.2, 0.25) is 12.3 Å². The largest absolute Gasteiger partial charge is 0.465 e. The van der Waals surface area contributed by atoms with E-state index in [1.54, 1.807) is 6.07 Å². The van der Waals surface area contributed by atoms with E-state index in [4.69, 9.17) is 23.2 Å². The van der Waals surface area contributed by atoms with Crippen LogP contribution >= 0.6 is 23.2 Å². The van der Waals surface area contributed by atoms with Gasteiger partial charge in [0, 0.05) is 40.8 Å². The first-order valence-electron chi connectivity index (χ1n) is 13.0. The molecule has 11 nitrogen and oxygen atoms in total. The third kappa shape index (κ3) is 4.00. The molecule has 3 heterocycles. The van der Waals surface area contributed by atoms with Crippen LogP contribution in [0.25, 0.3) is 0 Å². The Labute approximate surface area is 253 Å². The van der Waals surface area contributed by atoms with Gasteiger partial charge in [-0.25, -0.2) is 9.18 Å². The number of ether oxygens (including phenoxy) is 1. The molecular formula is C29H21Cl2FN4O7. The second-order valence-corrected chi connectivity index (χ2v) is 11.2. The van der Waals surface area contributed by atoms with Gasteiger partial charge in [0.05, 0.1) is 28.5 Å². The minimum atomic E-state index is -1.87. The lowest BCUT2D eigenvalue weighted by Gasteiger charge is -2.37. The predicted molar refractivity (Wildman–Crippen MR) is 152 cm³/mol. The number of carbonyl (C=O) groups excluding carboxylic acids is 4. The molecule has 0 radical (unpaired) electrons. The summed E-state index contributed by atoms with van der Waals surface area (Å²) in [5.41, 5.74) is -2.05. The zero-order chi connectivity index (χ0) is 30.8.